The Bertz CT molecular complexity index is 506. The SMILES string of the molecule is CNC1COCC1C(=O)N1CCN(C)c2ccccc21. The molecule has 1 amide bonds. The number of likely N-dealkylation sites (N-methyl/N-ethyl adjacent to an activating group) is 2. The summed E-state index contributed by atoms with van der Waals surface area (Å²) in [6, 6.07) is 8.20. The Morgan fingerprint density at radius 2 is 2.00 bits per heavy atom. The average Bonchev–Trinajstić information content (AvgIpc) is 2.96. The number of amides is 1. The average molecular weight is 275 g/mol. The third kappa shape index (κ3) is 2.17. The van der Waals surface area contributed by atoms with E-state index >= 15 is 0 Å². The number of anilines is 2. The summed E-state index contributed by atoms with van der Waals surface area (Å²) in [6.07, 6.45) is 0. The highest BCUT2D eigenvalue weighted by Gasteiger charge is 2.37. The molecule has 2 unspecified atom stereocenters. The Labute approximate surface area is 119 Å². The molecule has 2 atom stereocenters. The maximum absolute atomic E-state index is 12.8. The molecule has 1 aromatic carbocycles. The molecule has 0 bridgehead atoms. The van der Waals surface area contributed by atoms with Crippen molar-refractivity contribution in [1.29, 1.82) is 0 Å². The van der Waals surface area contributed by atoms with Gasteiger partial charge < -0.3 is 19.9 Å². The summed E-state index contributed by atoms with van der Waals surface area (Å²) < 4.78 is 5.46. The van der Waals surface area contributed by atoms with Crippen LogP contribution in [0.5, 0.6) is 0 Å². The molecule has 20 heavy (non-hydrogen) atoms. The maximum Gasteiger partial charge on any atom is 0.234 e. The smallest absolute Gasteiger partial charge is 0.234 e. The van der Waals surface area contributed by atoms with Crippen LogP contribution in [0.1, 0.15) is 0 Å². The number of ether oxygens (including phenoxy) is 1. The van der Waals surface area contributed by atoms with Gasteiger partial charge in [0.15, 0.2) is 0 Å². The lowest BCUT2D eigenvalue weighted by Gasteiger charge is -2.37. The van der Waals surface area contributed by atoms with Gasteiger partial charge in [0, 0.05) is 26.2 Å². The van der Waals surface area contributed by atoms with Gasteiger partial charge in [-0.2, -0.15) is 0 Å². The van der Waals surface area contributed by atoms with E-state index in [1.54, 1.807) is 0 Å². The van der Waals surface area contributed by atoms with Crippen LogP contribution in [-0.2, 0) is 9.53 Å². The van der Waals surface area contributed by atoms with Crippen molar-refractivity contribution in [3.63, 3.8) is 0 Å². The van der Waals surface area contributed by atoms with Crippen LogP contribution in [0.2, 0.25) is 0 Å². The van der Waals surface area contributed by atoms with Crippen molar-refractivity contribution in [2.24, 2.45) is 5.92 Å². The first-order valence-electron chi connectivity index (χ1n) is 7.09. The molecule has 1 fully saturated rings. The molecule has 1 N–H and O–H groups in total. The van der Waals surface area contributed by atoms with Gasteiger partial charge in [0.05, 0.1) is 30.5 Å². The number of nitrogens with zero attached hydrogens (tertiary/aromatic N) is 2. The molecule has 2 heterocycles. The first-order chi connectivity index (χ1) is 9.72. The summed E-state index contributed by atoms with van der Waals surface area (Å²) in [5.41, 5.74) is 2.13. The predicted molar refractivity (Wildman–Crippen MR) is 79.2 cm³/mol. The molecule has 5 heteroatoms. The van der Waals surface area contributed by atoms with Gasteiger partial charge in [0.25, 0.3) is 0 Å². The number of hydrogen-bond donors (Lipinski definition) is 1. The minimum Gasteiger partial charge on any atom is -0.379 e. The molecule has 0 radical (unpaired) electrons. The van der Waals surface area contributed by atoms with Gasteiger partial charge in [-0.3, -0.25) is 4.79 Å². The highest BCUT2D eigenvalue weighted by atomic mass is 16.5. The Hall–Kier alpha value is -1.59. The second kappa shape index (κ2) is 5.42. The van der Waals surface area contributed by atoms with Crippen LogP contribution in [0.25, 0.3) is 0 Å². The van der Waals surface area contributed by atoms with Crippen LogP contribution in [0.15, 0.2) is 24.3 Å². The third-order valence-electron chi connectivity index (χ3n) is 4.28. The standard InChI is InChI=1S/C15H21N3O2/c1-16-12-10-20-9-11(12)15(19)18-8-7-17(2)13-5-3-4-6-14(13)18/h3-6,11-12,16H,7-10H2,1-2H3. The second-order valence-corrected chi connectivity index (χ2v) is 5.44. The van der Waals surface area contributed by atoms with E-state index in [1.165, 1.54) is 0 Å². The van der Waals surface area contributed by atoms with E-state index in [9.17, 15) is 4.79 Å². The lowest BCUT2D eigenvalue weighted by atomic mass is 10.0. The Morgan fingerprint density at radius 1 is 1.25 bits per heavy atom. The van der Waals surface area contributed by atoms with Gasteiger partial charge in [-0.1, -0.05) is 12.1 Å². The van der Waals surface area contributed by atoms with Crippen molar-refractivity contribution in [2.45, 2.75) is 6.04 Å². The van der Waals surface area contributed by atoms with Crippen molar-refractivity contribution in [1.82, 2.24) is 5.32 Å². The Morgan fingerprint density at radius 3 is 2.75 bits per heavy atom. The molecule has 2 aliphatic heterocycles. The van der Waals surface area contributed by atoms with Crippen LogP contribution in [-0.4, -0.2) is 52.3 Å². The zero-order chi connectivity index (χ0) is 14.1. The molecule has 3 rings (SSSR count). The number of para-hydroxylation sites is 2. The lowest BCUT2D eigenvalue weighted by molar-refractivity contribution is -0.122. The van der Waals surface area contributed by atoms with Crippen LogP contribution < -0.4 is 15.1 Å². The number of nitrogens with one attached hydrogen (secondary N) is 1. The third-order valence-corrected chi connectivity index (χ3v) is 4.28. The van der Waals surface area contributed by atoms with E-state index in [2.05, 4.69) is 23.3 Å². The molecule has 0 aliphatic carbocycles. The Kier molecular flexibility index (Phi) is 3.63. The fourth-order valence-corrected chi connectivity index (χ4v) is 3.02. The number of carbonyl (C=O) groups is 1. The van der Waals surface area contributed by atoms with E-state index in [0.717, 1.165) is 24.5 Å². The summed E-state index contributed by atoms with van der Waals surface area (Å²) in [5, 5.41) is 3.18. The molecule has 1 aromatic rings. The number of rotatable bonds is 2. The summed E-state index contributed by atoms with van der Waals surface area (Å²) in [7, 11) is 3.95. The maximum atomic E-state index is 12.8. The van der Waals surface area contributed by atoms with E-state index < -0.39 is 0 Å². The first-order valence-corrected chi connectivity index (χ1v) is 7.09. The number of fused-ring (bicyclic) bond motifs is 1. The second-order valence-electron chi connectivity index (χ2n) is 5.44. The molecule has 108 valence electrons. The quantitative estimate of drug-likeness (QED) is 0.863. The van der Waals surface area contributed by atoms with Crippen LogP contribution in [0.3, 0.4) is 0 Å². The molecular weight excluding hydrogens is 254 g/mol. The van der Waals surface area contributed by atoms with Crippen LogP contribution >= 0.6 is 0 Å². The van der Waals surface area contributed by atoms with Crippen molar-refractivity contribution in [3.8, 4) is 0 Å². The van der Waals surface area contributed by atoms with E-state index in [-0.39, 0.29) is 17.9 Å². The highest BCUT2D eigenvalue weighted by molar-refractivity contribution is 5.99. The van der Waals surface area contributed by atoms with E-state index in [0.29, 0.717) is 13.2 Å². The zero-order valence-electron chi connectivity index (χ0n) is 12.0. The molecule has 2 aliphatic rings. The lowest BCUT2D eigenvalue weighted by Crippen LogP contribution is -2.49. The van der Waals surface area contributed by atoms with Gasteiger partial charge in [0.1, 0.15) is 0 Å². The van der Waals surface area contributed by atoms with Gasteiger partial charge in [0.2, 0.25) is 5.91 Å². The largest absolute Gasteiger partial charge is 0.379 e. The highest BCUT2D eigenvalue weighted by Crippen LogP contribution is 2.33. The van der Waals surface area contributed by atoms with E-state index in [1.807, 2.05) is 30.1 Å². The minimum atomic E-state index is -0.0866. The van der Waals surface area contributed by atoms with E-state index in [4.69, 9.17) is 4.74 Å². The number of carbonyl (C=O) groups excluding carboxylic acids is 1. The Balaban J connectivity index is 1.88. The topological polar surface area (TPSA) is 44.8 Å². The number of hydrogen-bond acceptors (Lipinski definition) is 4. The molecule has 0 saturated carbocycles. The van der Waals surface area contributed by atoms with Crippen LogP contribution in [0.4, 0.5) is 11.4 Å². The van der Waals surface area contributed by atoms with Gasteiger partial charge in [-0.25, -0.2) is 0 Å². The van der Waals surface area contributed by atoms with Crippen molar-refractivity contribution < 1.29 is 9.53 Å². The van der Waals surface area contributed by atoms with Gasteiger partial charge in [-0.15, -0.1) is 0 Å². The summed E-state index contributed by atoms with van der Waals surface area (Å²) in [4.78, 5) is 16.9. The van der Waals surface area contributed by atoms with Crippen molar-refractivity contribution in [2.75, 3.05) is 50.2 Å². The first kappa shape index (κ1) is 13.4. The zero-order valence-corrected chi connectivity index (χ0v) is 12.0. The molecule has 5 nitrogen and oxygen atoms in total. The van der Waals surface area contributed by atoms with Gasteiger partial charge in [-0.05, 0) is 19.2 Å². The van der Waals surface area contributed by atoms with Gasteiger partial charge >= 0.3 is 0 Å². The summed E-state index contributed by atoms with van der Waals surface area (Å²) in [5.74, 6) is 0.0823. The number of benzene rings is 1. The molecule has 0 spiro atoms. The fraction of sp³-hybridized carbons (Fsp3) is 0.533. The summed E-state index contributed by atoms with van der Waals surface area (Å²) >= 11 is 0. The predicted octanol–water partition coefficient (Wildman–Crippen LogP) is 0.704. The van der Waals surface area contributed by atoms with Crippen molar-refractivity contribution >= 4 is 17.3 Å². The molecule has 1 saturated heterocycles. The normalized spacial score (nSPS) is 25.7. The summed E-state index contributed by atoms with van der Waals surface area (Å²) in [6.45, 7) is 2.72. The monoisotopic (exact) mass is 275 g/mol. The molecular formula is C15H21N3O2. The fourth-order valence-electron chi connectivity index (χ4n) is 3.02. The minimum absolute atomic E-state index is 0.0866. The molecule has 0 aromatic heterocycles. The van der Waals surface area contributed by atoms with Crippen LogP contribution in [0, 0.1) is 5.92 Å². The van der Waals surface area contributed by atoms with Crippen molar-refractivity contribution in [3.05, 3.63) is 24.3 Å².